The molecule has 4 rings (SSSR count). The number of para-hydroxylation sites is 1. The molecule has 2 heterocycles. The number of hydrogen-bond donors (Lipinski definition) is 0. The molecule has 0 fully saturated rings. The molecule has 0 bridgehead atoms. The number of hydrogen-bond acceptors (Lipinski definition) is 6. The summed E-state index contributed by atoms with van der Waals surface area (Å²) in [5.41, 5.74) is 1.33. The van der Waals surface area contributed by atoms with Crippen molar-refractivity contribution in [3.63, 3.8) is 0 Å². The van der Waals surface area contributed by atoms with Crippen molar-refractivity contribution in [2.45, 2.75) is 6.54 Å². The number of anilines is 1. The Kier molecular flexibility index (Phi) is 6.06. The van der Waals surface area contributed by atoms with Gasteiger partial charge in [-0.1, -0.05) is 29.0 Å². The van der Waals surface area contributed by atoms with E-state index in [1.165, 1.54) is 29.5 Å². The van der Waals surface area contributed by atoms with Gasteiger partial charge in [-0.3, -0.25) is 24.5 Å². The number of carbonyl (C=O) groups is 1. The van der Waals surface area contributed by atoms with Crippen LogP contribution in [0.25, 0.3) is 16.3 Å². The molecule has 0 spiro atoms. The summed E-state index contributed by atoms with van der Waals surface area (Å²) in [5, 5.41) is 16.0. The molecule has 10 heteroatoms. The van der Waals surface area contributed by atoms with Crippen LogP contribution in [0.5, 0.6) is 0 Å². The Bertz CT molecular complexity index is 1250. The van der Waals surface area contributed by atoms with Gasteiger partial charge < -0.3 is 0 Å². The van der Waals surface area contributed by atoms with Crippen molar-refractivity contribution in [2.75, 3.05) is 11.4 Å². The maximum Gasteiger partial charge on any atom is 0.269 e. The van der Waals surface area contributed by atoms with Crippen LogP contribution in [0.2, 0.25) is 5.02 Å². The molecule has 156 valence electrons. The van der Waals surface area contributed by atoms with Crippen LogP contribution < -0.4 is 4.90 Å². The first-order chi connectivity index (χ1) is 15.0. The lowest BCUT2D eigenvalue weighted by Crippen LogP contribution is -2.32. The zero-order valence-electron chi connectivity index (χ0n) is 16.1. The Morgan fingerprint density at radius 3 is 2.71 bits per heavy atom. The van der Waals surface area contributed by atoms with E-state index in [4.69, 9.17) is 11.6 Å². The van der Waals surface area contributed by atoms with Crippen molar-refractivity contribution in [1.29, 1.82) is 0 Å². The fraction of sp³-hybridized carbons (Fsp3) is 0.0952. The Labute approximate surface area is 186 Å². The standard InChI is InChI=1S/C21H16ClN5O3S/c22-17-3-1-4-18-20(17)24-21(31-18)26(14-13-25-12-2-11-23-25)19(28)10-7-15-5-8-16(9-6-15)27(29)30/h1-12H,13-14H2/b10-7+. The number of nitro benzene ring substituents is 1. The van der Waals surface area contributed by atoms with E-state index in [1.807, 2.05) is 24.4 Å². The molecular weight excluding hydrogens is 438 g/mol. The molecule has 0 radical (unpaired) electrons. The highest BCUT2D eigenvalue weighted by Crippen LogP contribution is 2.33. The van der Waals surface area contributed by atoms with Gasteiger partial charge >= 0.3 is 0 Å². The second kappa shape index (κ2) is 9.07. The monoisotopic (exact) mass is 453 g/mol. The van der Waals surface area contributed by atoms with Gasteiger partial charge in [0.1, 0.15) is 5.52 Å². The summed E-state index contributed by atoms with van der Waals surface area (Å²) in [6.07, 6.45) is 6.55. The maximum atomic E-state index is 13.0. The Hall–Kier alpha value is -3.56. The number of non-ortho nitro benzene ring substituents is 1. The first kappa shape index (κ1) is 20.7. The predicted octanol–water partition coefficient (Wildman–Crippen LogP) is 4.80. The SMILES string of the molecule is O=C(/C=C/c1ccc([N+](=O)[O-])cc1)N(CCn1cccn1)c1nc2c(Cl)cccc2s1. The molecule has 0 unspecified atom stereocenters. The number of amides is 1. The number of halogens is 1. The van der Waals surface area contributed by atoms with Crippen molar-refractivity contribution >= 4 is 56.0 Å². The van der Waals surface area contributed by atoms with E-state index in [0.29, 0.717) is 34.3 Å². The quantitative estimate of drug-likeness (QED) is 0.227. The fourth-order valence-electron chi connectivity index (χ4n) is 2.92. The number of aromatic nitrogens is 3. The molecule has 31 heavy (non-hydrogen) atoms. The molecule has 0 saturated carbocycles. The predicted molar refractivity (Wildman–Crippen MR) is 121 cm³/mol. The normalized spacial score (nSPS) is 11.3. The summed E-state index contributed by atoms with van der Waals surface area (Å²) in [7, 11) is 0. The first-order valence-electron chi connectivity index (χ1n) is 9.28. The van der Waals surface area contributed by atoms with Crippen LogP contribution in [0.4, 0.5) is 10.8 Å². The third-order valence-corrected chi connectivity index (χ3v) is 5.84. The van der Waals surface area contributed by atoms with Crippen molar-refractivity contribution < 1.29 is 9.72 Å². The number of benzene rings is 2. The summed E-state index contributed by atoms with van der Waals surface area (Å²) in [6.45, 7) is 0.857. The van der Waals surface area contributed by atoms with Gasteiger partial charge in [-0.05, 0) is 42.0 Å². The maximum absolute atomic E-state index is 13.0. The lowest BCUT2D eigenvalue weighted by molar-refractivity contribution is -0.384. The van der Waals surface area contributed by atoms with Crippen molar-refractivity contribution in [3.05, 3.63) is 87.7 Å². The van der Waals surface area contributed by atoms with E-state index in [2.05, 4.69) is 10.1 Å². The zero-order chi connectivity index (χ0) is 21.8. The number of nitro groups is 1. The smallest absolute Gasteiger partial charge is 0.269 e. The summed E-state index contributed by atoms with van der Waals surface area (Å²) in [5.74, 6) is -0.263. The minimum Gasteiger partial charge on any atom is -0.283 e. The van der Waals surface area contributed by atoms with Crippen LogP contribution >= 0.6 is 22.9 Å². The third-order valence-electron chi connectivity index (χ3n) is 4.49. The number of thiazole rings is 1. The molecule has 0 saturated heterocycles. The second-order valence-electron chi connectivity index (χ2n) is 6.52. The molecule has 0 N–H and O–H groups in total. The van der Waals surface area contributed by atoms with Gasteiger partial charge in [0.25, 0.3) is 11.6 Å². The van der Waals surface area contributed by atoms with E-state index < -0.39 is 4.92 Å². The van der Waals surface area contributed by atoms with E-state index >= 15 is 0 Å². The van der Waals surface area contributed by atoms with Gasteiger partial charge in [-0.2, -0.15) is 5.10 Å². The molecule has 2 aromatic heterocycles. The minimum absolute atomic E-state index is 0.00400. The van der Waals surface area contributed by atoms with Crippen LogP contribution in [0, 0.1) is 10.1 Å². The molecule has 0 aliphatic rings. The van der Waals surface area contributed by atoms with Gasteiger partial charge in [-0.25, -0.2) is 4.98 Å². The van der Waals surface area contributed by atoms with Gasteiger partial charge in [0, 0.05) is 37.1 Å². The van der Waals surface area contributed by atoms with Gasteiger partial charge in [0.15, 0.2) is 5.13 Å². The summed E-state index contributed by atoms with van der Waals surface area (Å²) < 4.78 is 2.62. The van der Waals surface area contributed by atoms with Gasteiger partial charge in [-0.15, -0.1) is 0 Å². The number of rotatable bonds is 7. The number of carbonyl (C=O) groups excluding carboxylic acids is 1. The van der Waals surface area contributed by atoms with Crippen molar-refractivity contribution in [2.24, 2.45) is 0 Å². The highest BCUT2D eigenvalue weighted by Gasteiger charge is 2.19. The molecule has 8 nitrogen and oxygen atoms in total. The highest BCUT2D eigenvalue weighted by atomic mass is 35.5. The summed E-state index contributed by atoms with van der Waals surface area (Å²) >= 11 is 7.64. The molecule has 4 aromatic rings. The minimum atomic E-state index is -0.464. The molecule has 1 amide bonds. The highest BCUT2D eigenvalue weighted by molar-refractivity contribution is 7.22. The van der Waals surface area contributed by atoms with Crippen molar-refractivity contribution in [1.82, 2.24) is 14.8 Å². The Balaban J connectivity index is 1.59. The fourth-order valence-corrected chi connectivity index (χ4v) is 4.22. The van der Waals surface area contributed by atoms with E-state index in [-0.39, 0.29) is 11.6 Å². The zero-order valence-corrected chi connectivity index (χ0v) is 17.7. The topological polar surface area (TPSA) is 94.2 Å². The van der Waals surface area contributed by atoms with Gasteiger partial charge in [0.2, 0.25) is 0 Å². The molecule has 2 aromatic carbocycles. The van der Waals surface area contributed by atoms with Crippen LogP contribution in [0.3, 0.4) is 0 Å². The second-order valence-corrected chi connectivity index (χ2v) is 7.94. The lowest BCUT2D eigenvalue weighted by atomic mass is 10.2. The number of fused-ring (bicyclic) bond motifs is 1. The van der Waals surface area contributed by atoms with Crippen LogP contribution in [0.1, 0.15) is 5.56 Å². The van der Waals surface area contributed by atoms with Crippen LogP contribution in [-0.4, -0.2) is 32.1 Å². The third kappa shape index (κ3) is 4.79. The van der Waals surface area contributed by atoms with Gasteiger partial charge in [0.05, 0.1) is 21.2 Å². The lowest BCUT2D eigenvalue weighted by Gasteiger charge is -2.18. The number of nitrogens with zero attached hydrogens (tertiary/aromatic N) is 5. The first-order valence-corrected chi connectivity index (χ1v) is 10.5. The largest absolute Gasteiger partial charge is 0.283 e. The van der Waals surface area contributed by atoms with E-state index in [0.717, 1.165) is 4.70 Å². The van der Waals surface area contributed by atoms with Crippen LogP contribution in [0.15, 0.2) is 67.0 Å². The average molecular weight is 454 g/mol. The summed E-state index contributed by atoms with van der Waals surface area (Å²) in [4.78, 5) is 29.5. The average Bonchev–Trinajstić information content (AvgIpc) is 3.43. The molecule has 0 aliphatic carbocycles. The molecular formula is C21H16ClN5O3S. The Morgan fingerprint density at radius 2 is 2.03 bits per heavy atom. The van der Waals surface area contributed by atoms with Crippen LogP contribution in [-0.2, 0) is 11.3 Å². The molecule has 0 aliphatic heterocycles. The van der Waals surface area contributed by atoms with E-state index in [1.54, 1.807) is 40.1 Å². The molecule has 0 atom stereocenters. The summed E-state index contributed by atoms with van der Waals surface area (Å²) in [6, 6.07) is 13.3. The van der Waals surface area contributed by atoms with E-state index in [9.17, 15) is 14.9 Å². The van der Waals surface area contributed by atoms with Crippen molar-refractivity contribution in [3.8, 4) is 0 Å². The Morgan fingerprint density at radius 1 is 1.23 bits per heavy atom.